The van der Waals surface area contributed by atoms with E-state index in [1.807, 2.05) is 18.4 Å². The third kappa shape index (κ3) is 2.36. The van der Waals surface area contributed by atoms with Crippen molar-refractivity contribution in [2.75, 3.05) is 11.6 Å². The van der Waals surface area contributed by atoms with Gasteiger partial charge in [0.2, 0.25) is 0 Å². The summed E-state index contributed by atoms with van der Waals surface area (Å²) in [5, 5.41) is 3.80. The van der Waals surface area contributed by atoms with Crippen LogP contribution in [0.3, 0.4) is 0 Å². The van der Waals surface area contributed by atoms with Crippen LogP contribution in [0.1, 0.15) is 36.3 Å². The molecule has 4 rings (SSSR count). The number of aromatic nitrogens is 3. The fourth-order valence-corrected chi connectivity index (χ4v) is 3.80. The molecule has 0 bridgehead atoms. The van der Waals surface area contributed by atoms with Crippen molar-refractivity contribution in [3.63, 3.8) is 0 Å². The molecule has 0 aromatic carbocycles. The van der Waals surface area contributed by atoms with Gasteiger partial charge in [0.15, 0.2) is 10.9 Å². The van der Waals surface area contributed by atoms with E-state index >= 15 is 0 Å². The number of carbonyl (C=O) groups excluding carboxylic acids is 1. The molecular weight excluding hydrogens is 324 g/mol. The molecule has 1 atom stereocenters. The second-order valence-electron chi connectivity index (χ2n) is 5.85. The summed E-state index contributed by atoms with van der Waals surface area (Å²) in [5.74, 6) is 0.266. The lowest BCUT2D eigenvalue weighted by Gasteiger charge is -2.32. The van der Waals surface area contributed by atoms with Gasteiger partial charge < -0.3 is 10.3 Å². The summed E-state index contributed by atoms with van der Waals surface area (Å²) < 4.78 is 0. The van der Waals surface area contributed by atoms with Crippen LogP contribution < -0.4 is 10.9 Å². The Kier molecular flexibility index (Phi) is 3.72. The maximum Gasteiger partial charge on any atom is 0.257 e. The highest BCUT2D eigenvalue weighted by atomic mass is 32.2. The molecule has 0 saturated heterocycles. The number of rotatable bonds is 2. The Bertz CT molecular complexity index is 905. The maximum atomic E-state index is 12.7. The zero-order valence-electron chi connectivity index (χ0n) is 13.1. The van der Waals surface area contributed by atoms with E-state index in [0.717, 1.165) is 24.1 Å². The molecule has 1 aliphatic heterocycles. The largest absolute Gasteiger partial charge is 0.343 e. The van der Waals surface area contributed by atoms with Gasteiger partial charge in [0.25, 0.3) is 5.56 Å². The molecule has 0 fully saturated rings. The predicted octanol–water partition coefficient (Wildman–Crippen LogP) is 2.45. The second kappa shape index (κ2) is 5.90. The number of fused-ring (bicyclic) bond motifs is 1. The summed E-state index contributed by atoms with van der Waals surface area (Å²) in [6.45, 7) is 0. The first-order valence-electron chi connectivity index (χ1n) is 7.80. The lowest BCUT2D eigenvalue weighted by Crippen LogP contribution is -2.32. The standard InChI is InChI=1S/C17H16N4O2S/c1-24-17-20-15-14(16(23)21-17)12(9-5-7-18-8-6-9)13-10(19-15)3-2-4-11(13)22/h5-8,12H,2-4H2,1H3,(H2,19,20,21,23)/t12-/m1/s1. The summed E-state index contributed by atoms with van der Waals surface area (Å²) >= 11 is 1.38. The van der Waals surface area contributed by atoms with Crippen LogP contribution in [0, 0.1) is 0 Å². The van der Waals surface area contributed by atoms with Gasteiger partial charge in [-0.05, 0) is 36.8 Å². The van der Waals surface area contributed by atoms with Crippen molar-refractivity contribution in [2.45, 2.75) is 30.3 Å². The number of ketones is 1. The van der Waals surface area contributed by atoms with Crippen LogP contribution in [0.4, 0.5) is 5.82 Å². The number of Topliss-reactive ketones (excluding diaryl/α,β-unsaturated/α-hetero) is 1. The van der Waals surface area contributed by atoms with Crippen molar-refractivity contribution < 1.29 is 4.79 Å². The molecule has 6 nitrogen and oxygen atoms in total. The second-order valence-corrected chi connectivity index (χ2v) is 6.64. The topological polar surface area (TPSA) is 87.7 Å². The minimum Gasteiger partial charge on any atom is -0.343 e. The highest BCUT2D eigenvalue weighted by molar-refractivity contribution is 7.98. The fraction of sp³-hybridized carbons (Fsp3) is 0.294. The van der Waals surface area contributed by atoms with Crippen LogP contribution in [-0.2, 0) is 4.79 Å². The Morgan fingerprint density at radius 2 is 2.00 bits per heavy atom. The number of carbonyl (C=O) groups is 1. The summed E-state index contributed by atoms with van der Waals surface area (Å²) in [6, 6.07) is 3.71. The Morgan fingerprint density at radius 3 is 2.75 bits per heavy atom. The predicted molar refractivity (Wildman–Crippen MR) is 92.2 cm³/mol. The normalized spacial score (nSPS) is 19.5. The van der Waals surface area contributed by atoms with E-state index in [-0.39, 0.29) is 17.3 Å². The molecule has 2 aromatic rings. The van der Waals surface area contributed by atoms with Crippen molar-refractivity contribution in [2.24, 2.45) is 0 Å². The van der Waals surface area contributed by atoms with Crippen molar-refractivity contribution in [1.82, 2.24) is 15.0 Å². The van der Waals surface area contributed by atoms with Crippen molar-refractivity contribution in [1.29, 1.82) is 0 Å². The van der Waals surface area contributed by atoms with Gasteiger partial charge in [-0.3, -0.25) is 14.6 Å². The van der Waals surface area contributed by atoms with Gasteiger partial charge in [0.05, 0.1) is 5.56 Å². The third-order valence-electron chi connectivity index (χ3n) is 4.47. The van der Waals surface area contributed by atoms with Crippen molar-refractivity contribution in [3.05, 3.63) is 57.3 Å². The van der Waals surface area contributed by atoms with E-state index < -0.39 is 0 Å². The SMILES string of the molecule is CSc1nc2c(c(=O)[nH]1)[C@H](c1ccncc1)C1=C(CCCC1=O)N2. The summed E-state index contributed by atoms with van der Waals surface area (Å²) in [5.41, 5.74) is 2.78. The van der Waals surface area contributed by atoms with Gasteiger partial charge in [0.1, 0.15) is 5.82 Å². The first-order chi connectivity index (χ1) is 11.7. The van der Waals surface area contributed by atoms with E-state index in [0.29, 0.717) is 28.5 Å². The van der Waals surface area contributed by atoms with Gasteiger partial charge in [-0.15, -0.1) is 0 Å². The molecular formula is C17H16N4O2S. The van der Waals surface area contributed by atoms with E-state index in [2.05, 4.69) is 20.3 Å². The lowest BCUT2D eigenvalue weighted by atomic mass is 9.77. The highest BCUT2D eigenvalue weighted by Crippen LogP contribution is 2.43. The molecule has 7 heteroatoms. The number of aromatic amines is 1. The molecule has 2 aromatic heterocycles. The lowest BCUT2D eigenvalue weighted by molar-refractivity contribution is -0.116. The monoisotopic (exact) mass is 340 g/mol. The zero-order valence-corrected chi connectivity index (χ0v) is 13.9. The van der Waals surface area contributed by atoms with E-state index in [9.17, 15) is 9.59 Å². The number of anilines is 1. The number of nitrogens with zero attached hydrogens (tertiary/aromatic N) is 2. The van der Waals surface area contributed by atoms with Crippen molar-refractivity contribution >= 4 is 23.4 Å². The summed E-state index contributed by atoms with van der Waals surface area (Å²) in [6.07, 6.45) is 7.37. The van der Waals surface area contributed by atoms with E-state index in [1.165, 1.54) is 11.8 Å². The van der Waals surface area contributed by atoms with Crippen LogP contribution in [0.2, 0.25) is 0 Å². The van der Waals surface area contributed by atoms with Gasteiger partial charge in [-0.1, -0.05) is 11.8 Å². The molecule has 0 unspecified atom stereocenters. The molecule has 0 radical (unpaired) electrons. The van der Waals surface area contributed by atoms with Crippen molar-refractivity contribution in [3.8, 4) is 0 Å². The average Bonchev–Trinajstić information content (AvgIpc) is 2.60. The highest BCUT2D eigenvalue weighted by Gasteiger charge is 2.37. The minimum atomic E-state index is -0.390. The van der Waals surface area contributed by atoms with Crippen LogP contribution in [-0.4, -0.2) is 27.0 Å². The zero-order chi connectivity index (χ0) is 16.7. The Morgan fingerprint density at radius 1 is 1.21 bits per heavy atom. The maximum absolute atomic E-state index is 12.7. The molecule has 0 spiro atoms. The molecule has 0 saturated carbocycles. The van der Waals surface area contributed by atoms with E-state index in [4.69, 9.17) is 0 Å². The molecule has 1 aliphatic carbocycles. The van der Waals surface area contributed by atoms with Gasteiger partial charge in [-0.2, -0.15) is 0 Å². The number of pyridine rings is 1. The Balaban J connectivity index is 1.99. The van der Waals surface area contributed by atoms with Gasteiger partial charge >= 0.3 is 0 Å². The fourth-order valence-electron chi connectivity index (χ4n) is 3.43. The molecule has 2 N–H and O–H groups in total. The number of hydrogen-bond acceptors (Lipinski definition) is 6. The smallest absolute Gasteiger partial charge is 0.257 e. The van der Waals surface area contributed by atoms with Crippen LogP contribution in [0.25, 0.3) is 0 Å². The summed E-state index contributed by atoms with van der Waals surface area (Å²) in [7, 11) is 0. The van der Waals surface area contributed by atoms with Crippen LogP contribution >= 0.6 is 11.8 Å². The summed E-state index contributed by atoms with van der Waals surface area (Å²) in [4.78, 5) is 36.7. The van der Waals surface area contributed by atoms with Crippen LogP contribution in [0.15, 0.2) is 45.7 Å². The molecule has 2 aliphatic rings. The molecule has 3 heterocycles. The third-order valence-corrected chi connectivity index (χ3v) is 5.05. The number of nitrogens with one attached hydrogen (secondary N) is 2. The quantitative estimate of drug-likeness (QED) is 0.645. The van der Waals surface area contributed by atoms with Gasteiger partial charge in [-0.25, -0.2) is 4.98 Å². The minimum absolute atomic E-state index is 0.101. The van der Waals surface area contributed by atoms with Gasteiger partial charge in [0, 0.05) is 36.0 Å². The molecule has 24 heavy (non-hydrogen) atoms. The number of hydrogen-bond donors (Lipinski definition) is 2. The molecule has 122 valence electrons. The average molecular weight is 340 g/mol. The van der Waals surface area contributed by atoms with Crippen LogP contribution in [0.5, 0.6) is 0 Å². The number of thioether (sulfide) groups is 1. The number of allylic oxidation sites excluding steroid dienone is 2. The van der Waals surface area contributed by atoms with E-state index in [1.54, 1.807) is 12.4 Å². The first kappa shape index (κ1) is 15.1. The number of H-pyrrole nitrogens is 1. The Hall–Kier alpha value is -2.41. The first-order valence-corrected chi connectivity index (χ1v) is 9.03. The molecule has 0 amide bonds. The Labute approximate surface area is 142 Å².